The molecular formula is C20H14N2O7S2. The molecule has 0 aromatic heterocycles. The average Bonchev–Trinajstić information content (AvgIpc) is 2.70. The molecule has 0 aliphatic heterocycles. The van der Waals surface area contributed by atoms with E-state index in [4.69, 9.17) is 0 Å². The Labute approximate surface area is 176 Å². The zero-order valence-corrected chi connectivity index (χ0v) is 17.2. The predicted molar refractivity (Wildman–Crippen MR) is 113 cm³/mol. The van der Waals surface area contributed by atoms with E-state index in [9.17, 15) is 31.0 Å². The number of hydrogen-bond acceptors (Lipinski definition) is 7. The minimum Gasteiger partial charge on any atom is -0.506 e. The lowest BCUT2D eigenvalue weighted by atomic mass is 10.1. The molecule has 0 aliphatic rings. The summed E-state index contributed by atoms with van der Waals surface area (Å²) in [6, 6.07) is 16.2. The van der Waals surface area contributed by atoms with Crippen LogP contribution in [0.5, 0.6) is 5.75 Å². The van der Waals surface area contributed by atoms with Crippen molar-refractivity contribution in [3.8, 4) is 5.75 Å². The van der Waals surface area contributed by atoms with Gasteiger partial charge in [-0.15, -0.1) is 10.2 Å². The van der Waals surface area contributed by atoms with E-state index in [1.165, 1.54) is 30.3 Å². The summed E-state index contributed by atoms with van der Waals surface area (Å²) in [5.41, 5.74) is -0.512. The Bertz CT molecular complexity index is 1600. The number of azo groups is 1. The Morgan fingerprint density at radius 3 is 1.94 bits per heavy atom. The minimum atomic E-state index is -4.87. The normalized spacial score (nSPS) is 12.7. The number of hydrogen-bond donors (Lipinski definition) is 3. The quantitative estimate of drug-likeness (QED) is 0.298. The van der Waals surface area contributed by atoms with Gasteiger partial charge < -0.3 is 5.11 Å². The van der Waals surface area contributed by atoms with Crippen molar-refractivity contribution in [1.29, 1.82) is 0 Å². The van der Waals surface area contributed by atoms with Gasteiger partial charge in [0.1, 0.15) is 26.9 Å². The van der Waals surface area contributed by atoms with E-state index in [1.54, 1.807) is 30.3 Å². The van der Waals surface area contributed by atoms with Gasteiger partial charge in [-0.1, -0.05) is 54.6 Å². The molecule has 0 spiro atoms. The maximum absolute atomic E-state index is 12.1. The largest absolute Gasteiger partial charge is 0.506 e. The van der Waals surface area contributed by atoms with Crippen LogP contribution in [-0.2, 0) is 20.2 Å². The molecular weight excluding hydrogens is 444 g/mol. The van der Waals surface area contributed by atoms with Crippen molar-refractivity contribution >= 4 is 53.2 Å². The molecule has 0 bridgehead atoms. The van der Waals surface area contributed by atoms with Crippen molar-refractivity contribution in [2.45, 2.75) is 9.79 Å². The van der Waals surface area contributed by atoms with E-state index in [2.05, 4.69) is 10.2 Å². The summed E-state index contributed by atoms with van der Waals surface area (Å²) in [5, 5.41) is 18.9. The van der Waals surface area contributed by atoms with Gasteiger partial charge in [-0.25, -0.2) is 0 Å². The summed E-state index contributed by atoms with van der Waals surface area (Å²) in [6.45, 7) is 0. The number of phenolic OH excluding ortho intramolecular Hbond substituents is 1. The molecule has 31 heavy (non-hydrogen) atoms. The molecule has 0 saturated carbocycles. The molecule has 0 atom stereocenters. The fourth-order valence-corrected chi connectivity index (χ4v) is 4.85. The van der Waals surface area contributed by atoms with E-state index < -0.39 is 35.7 Å². The second-order valence-electron chi connectivity index (χ2n) is 6.57. The topological polar surface area (TPSA) is 154 Å². The SMILES string of the molecule is O=S(=O)(O)c1cc(N=Nc2c(O)ccc3ccccc23)c(S(=O)(=O)O)c2ccccc12. The van der Waals surface area contributed by atoms with Crippen LogP contribution in [0.2, 0.25) is 0 Å². The first kappa shape index (κ1) is 20.9. The van der Waals surface area contributed by atoms with Gasteiger partial charge in [-0.3, -0.25) is 9.11 Å². The van der Waals surface area contributed by atoms with Crippen molar-refractivity contribution in [1.82, 2.24) is 0 Å². The van der Waals surface area contributed by atoms with Gasteiger partial charge in [0, 0.05) is 16.2 Å². The van der Waals surface area contributed by atoms with Crippen molar-refractivity contribution in [3.05, 3.63) is 66.7 Å². The number of nitrogens with zero attached hydrogens (tertiary/aromatic N) is 2. The zero-order valence-electron chi connectivity index (χ0n) is 15.5. The molecule has 0 radical (unpaired) electrons. The van der Waals surface area contributed by atoms with Crippen molar-refractivity contribution in [2.75, 3.05) is 0 Å². The number of benzene rings is 4. The molecule has 11 heteroatoms. The van der Waals surface area contributed by atoms with Crippen LogP contribution in [0.3, 0.4) is 0 Å². The summed E-state index contributed by atoms with van der Waals surface area (Å²) in [4.78, 5) is -1.29. The first-order valence-electron chi connectivity index (χ1n) is 8.70. The standard InChI is InChI=1S/C20H14N2O7S2/c23-17-10-9-12-5-1-2-6-13(12)19(17)22-21-16-11-18(30(24,25)26)14-7-3-4-8-15(14)20(16)31(27,28)29/h1-11,23H,(H,24,25,26)(H,27,28,29). The maximum atomic E-state index is 12.1. The van der Waals surface area contributed by atoms with E-state index in [0.29, 0.717) is 5.39 Å². The molecule has 0 amide bonds. The first-order chi connectivity index (χ1) is 14.6. The van der Waals surface area contributed by atoms with Crippen LogP contribution in [0, 0.1) is 0 Å². The highest BCUT2D eigenvalue weighted by Crippen LogP contribution is 2.40. The molecule has 0 saturated heterocycles. The highest BCUT2D eigenvalue weighted by Gasteiger charge is 2.25. The van der Waals surface area contributed by atoms with Gasteiger partial charge >= 0.3 is 0 Å². The number of aromatic hydroxyl groups is 1. The zero-order chi connectivity index (χ0) is 22.4. The molecule has 0 unspecified atom stereocenters. The third kappa shape index (κ3) is 3.86. The van der Waals surface area contributed by atoms with Crippen LogP contribution in [0.25, 0.3) is 21.5 Å². The fourth-order valence-electron chi connectivity index (χ4n) is 3.31. The number of rotatable bonds is 4. The lowest BCUT2D eigenvalue weighted by Gasteiger charge is -2.11. The van der Waals surface area contributed by atoms with E-state index in [0.717, 1.165) is 11.5 Å². The molecule has 158 valence electrons. The number of phenols is 1. The second kappa shape index (κ2) is 7.39. The third-order valence-electron chi connectivity index (χ3n) is 4.61. The van der Waals surface area contributed by atoms with Crippen LogP contribution in [0.1, 0.15) is 0 Å². The van der Waals surface area contributed by atoms with Crippen molar-refractivity contribution in [3.63, 3.8) is 0 Å². The molecule has 4 aromatic rings. The van der Waals surface area contributed by atoms with E-state index >= 15 is 0 Å². The minimum absolute atomic E-state index is 0.0148. The molecule has 0 heterocycles. The molecule has 9 nitrogen and oxygen atoms in total. The van der Waals surface area contributed by atoms with Gasteiger partial charge in [0.25, 0.3) is 20.2 Å². The number of fused-ring (bicyclic) bond motifs is 2. The van der Waals surface area contributed by atoms with Crippen LogP contribution >= 0.6 is 0 Å². The summed E-state index contributed by atoms with van der Waals surface area (Å²) in [7, 11) is -9.64. The molecule has 0 aliphatic carbocycles. The first-order valence-corrected chi connectivity index (χ1v) is 11.6. The van der Waals surface area contributed by atoms with Gasteiger partial charge in [0.05, 0.1) is 0 Å². The lowest BCUT2D eigenvalue weighted by molar-refractivity contribution is 0.477. The highest BCUT2D eigenvalue weighted by atomic mass is 32.2. The monoisotopic (exact) mass is 458 g/mol. The Hall–Kier alpha value is -3.38. The van der Waals surface area contributed by atoms with Gasteiger partial charge in [0.15, 0.2) is 0 Å². The Kier molecular flexibility index (Phi) is 4.98. The summed E-state index contributed by atoms with van der Waals surface area (Å²) < 4.78 is 67.4. The Morgan fingerprint density at radius 2 is 1.29 bits per heavy atom. The van der Waals surface area contributed by atoms with Gasteiger partial charge in [0.2, 0.25) is 0 Å². The lowest BCUT2D eigenvalue weighted by Crippen LogP contribution is -2.04. The van der Waals surface area contributed by atoms with Crippen LogP contribution in [0.15, 0.2) is 86.7 Å². The Balaban J connectivity index is 2.06. The summed E-state index contributed by atoms with van der Waals surface area (Å²) in [5.74, 6) is -0.244. The van der Waals surface area contributed by atoms with Crippen molar-refractivity contribution in [2.24, 2.45) is 10.2 Å². The summed E-state index contributed by atoms with van der Waals surface area (Å²) >= 11 is 0. The Morgan fingerprint density at radius 1 is 0.677 bits per heavy atom. The highest BCUT2D eigenvalue weighted by molar-refractivity contribution is 7.86. The molecule has 3 N–H and O–H groups in total. The van der Waals surface area contributed by atoms with E-state index in [-0.39, 0.29) is 22.2 Å². The molecule has 4 rings (SSSR count). The fraction of sp³-hybridized carbons (Fsp3) is 0. The molecule has 0 fully saturated rings. The average molecular weight is 458 g/mol. The van der Waals surface area contributed by atoms with Crippen LogP contribution in [0.4, 0.5) is 11.4 Å². The maximum Gasteiger partial charge on any atom is 0.297 e. The van der Waals surface area contributed by atoms with Crippen LogP contribution in [-0.4, -0.2) is 31.0 Å². The van der Waals surface area contributed by atoms with Gasteiger partial charge in [-0.05, 0) is 17.5 Å². The predicted octanol–water partition coefficient (Wildman–Crippen LogP) is 4.61. The van der Waals surface area contributed by atoms with Crippen molar-refractivity contribution < 1.29 is 31.0 Å². The smallest absolute Gasteiger partial charge is 0.297 e. The summed E-state index contributed by atoms with van der Waals surface area (Å²) in [6.07, 6.45) is 0. The molecule has 4 aromatic carbocycles. The second-order valence-corrected chi connectivity index (χ2v) is 9.32. The third-order valence-corrected chi connectivity index (χ3v) is 6.45. The van der Waals surface area contributed by atoms with Gasteiger partial charge in [-0.2, -0.15) is 16.8 Å². The van der Waals surface area contributed by atoms with E-state index in [1.807, 2.05) is 0 Å². The van der Waals surface area contributed by atoms with Crippen LogP contribution < -0.4 is 0 Å².